The Morgan fingerprint density at radius 1 is 1.28 bits per heavy atom. The Morgan fingerprint density at radius 3 is 2.76 bits per heavy atom. The first-order chi connectivity index (χ1) is 12.1. The van der Waals surface area contributed by atoms with Gasteiger partial charge in [-0.2, -0.15) is 0 Å². The lowest BCUT2D eigenvalue weighted by Gasteiger charge is -2.31. The summed E-state index contributed by atoms with van der Waals surface area (Å²) in [5.41, 5.74) is 1.02. The van der Waals surface area contributed by atoms with E-state index in [1.165, 1.54) is 26.3 Å². The molecule has 7 heteroatoms. The maximum absolute atomic E-state index is 11.7. The number of piperidine rings is 1. The molecule has 2 heterocycles. The van der Waals surface area contributed by atoms with Gasteiger partial charge in [-0.3, -0.25) is 0 Å². The molecule has 1 aliphatic rings. The molecule has 2 aromatic rings. The molecular formula is C18H21ClN4O2. The smallest absolute Gasteiger partial charge is 0.337 e. The minimum Gasteiger partial charge on any atom is -0.465 e. The van der Waals surface area contributed by atoms with Crippen LogP contribution < -0.4 is 10.2 Å². The maximum Gasteiger partial charge on any atom is 0.337 e. The van der Waals surface area contributed by atoms with E-state index in [0.717, 1.165) is 24.8 Å². The van der Waals surface area contributed by atoms with Crippen LogP contribution in [0.1, 0.15) is 30.1 Å². The normalized spacial score (nSPS) is 15.1. The van der Waals surface area contributed by atoms with Crippen LogP contribution in [0.3, 0.4) is 0 Å². The quantitative estimate of drug-likeness (QED) is 0.834. The van der Waals surface area contributed by atoms with Gasteiger partial charge in [-0.1, -0.05) is 18.5 Å². The van der Waals surface area contributed by atoms with E-state index in [4.69, 9.17) is 16.3 Å². The minimum absolute atomic E-state index is 0.412. The molecule has 0 unspecified atom stereocenters. The molecule has 0 radical (unpaired) electrons. The van der Waals surface area contributed by atoms with Crippen LogP contribution in [0.15, 0.2) is 30.6 Å². The van der Waals surface area contributed by atoms with Crippen molar-refractivity contribution in [1.82, 2.24) is 9.97 Å². The highest BCUT2D eigenvalue weighted by molar-refractivity contribution is 6.33. The van der Waals surface area contributed by atoms with E-state index in [9.17, 15) is 4.79 Å². The SMILES string of the molecule is COC(=O)c1ccc(Cl)c(Nc2cc(N3CCC(C)CC3)ncn2)c1. The van der Waals surface area contributed by atoms with Gasteiger partial charge in [0.2, 0.25) is 0 Å². The largest absolute Gasteiger partial charge is 0.465 e. The molecule has 0 aliphatic carbocycles. The number of hydrogen-bond acceptors (Lipinski definition) is 6. The molecule has 1 aromatic carbocycles. The first-order valence-electron chi connectivity index (χ1n) is 8.28. The molecule has 1 N–H and O–H groups in total. The number of benzene rings is 1. The van der Waals surface area contributed by atoms with Crippen molar-refractivity contribution in [2.45, 2.75) is 19.8 Å². The summed E-state index contributed by atoms with van der Waals surface area (Å²) in [6, 6.07) is 6.83. The highest BCUT2D eigenvalue weighted by Crippen LogP contribution is 2.28. The molecule has 1 aromatic heterocycles. The van der Waals surface area contributed by atoms with Crippen molar-refractivity contribution in [2.75, 3.05) is 30.4 Å². The van der Waals surface area contributed by atoms with E-state index in [1.807, 2.05) is 6.07 Å². The van der Waals surface area contributed by atoms with Crippen LogP contribution in [0.5, 0.6) is 0 Å². The average Bonchev–Trinajstić information content (AvgIpc) is 2.64. The lowest BCUT2D eigenvalue weighted by atomic mass is 9.99. The zero-order chi connectivity index (χ0) is 17.8. The second kappa shape index (κ2) is 7.70. The van der Waals surface area contributed by atoms with Crippen molar-refractivity contribution in [2.24, 2.45) is 5.92 Å². The Hall–Kier alpha value is -2.34. The summed E-state index contributed by atoms with van der Waals surface area (Å²) in [4.78, 5) is 22.6. The van der Waals surface area contributed by atoms with Gasteiger partial charge >= 0.3 is 5.97 Å². The molecule has 25 heavy (non-hydrogen) atoms. The predicted molar refractivity (Wildman–Crippen MR) is 98.7 cm³/mol. The van der Waals surface area contributed by atoms with E-state index in [1.54, 1.807) is 18.2 Å². The standard InChI is InChI=1S/C18H21ClN4O2/c1-12-5-7-23(8-6-12)17-10-16(20-11-21-17)22-15-9-13(18(24)25-2)3-4-14(15)19/h3-4,9-12H,5-8H2,1-2H3,(H,20,21,22). The number of aromatic nitrogens is 2. The first kappa shape index (κ1) is 17.5. The average molecular weight is 361 g/mol. The number of methoxy groups -OCH3 is 1. The number of hydrogen-bond donors (Lipinski definition) is 1. The van der Waals surface area contributed by atoms with Crippen molar-refractivity contribution in [3.8, 4) is 0 Å². The first-order valence-corrected chi connectivity index (χ1v) is 8.66. The fraction of sp³-hybridized carbons (Fsp3) is 0.389. The zero-order valence-electron chi connectivity index (χ0n) is 14.3. The van der Waals surface area contributed by atoms with Gasteiger partial charge in [0.25, 0.3) is 0 Å². The van der Waals surface area contributed by atoms with Crippen LogP contribution in [0, 0.1) is 5.92 Å². The molecule has 3 rings (SSSR count). The van der Waals surface area contributed by atoms with Gasteiger partial charge < -0.3 is 15.0 Å². The summed E-state index contributed by atoms with van der Waals surface area (Å²) in [5, 5.41) is 3.66. The molecule has 1 aliphatic heterocycles. The Morgan fingerprint density at radius 2 is 2.04 bits per heavy atom. The third kappa shape index (κ3) is 4.20. The number of halogens is 1. The highest BCUT2D eigenvalue weighted by atomic mass is 35.5. The number of rotatable bonds is 4. The molecular weight excluding hydrogens is 340 g/mol. The van der Waals surface area contributed by atoms with Crippen LogP contribution in [0.2, 0.25) is 5.02 Å². The Balaban J connectivity index is 1.79. The number of esters is 1. The van der Waals surface area contributed by atoms with Crippen LogP contribution in [0.25, 0.3) is 0 Å². The van der Waals surface area contributed by atoms with Gasteiger partial charge in [0.05, 0.1) is 23.4 Å². The fourth-order valence-corrected chi connectivity index (χ4v) is 2.99. The fourth-order valence-electron chi connectivity index (χ4n) is 2.83. The summed E-state index contributed by atoms with van der Waals surface area (Å²) in [5.74, 6) is 1.87. The van der Waals surface area contributed by atoms with Crippen LogP contribution in [-0.2, 0) is 4.74 Å². The molecule has 0 spiro atoms. The number of nitrogens with one attached hydrogen (secondary N) is 1. The van der Waals surface area contributed by atoms with Crippen molar-refractivity contribution < 1.29 is 9.53 Å². The summed E-state index contributed by atoms with van der Waals surface area (Å²) in [6.07, 6.45) is 3.87. The van der Waals surface area contributed by atoms with Gasteiger partial charge in [-0.25, -0.2) is 14.8 Å². The molecule has 0 bridgehead atoms. The van der Waals surface area contributed by atoms with Gasteiger partial charge in [0.15, 0.2) is 0 Å². The van der Waals surface area contributed by atoms with Crippen LogP contribution in [-0.4, -0.2) is 36.1 Å². The topological polar surface area (TPSA) is 67.3 Å². The monoisotopic (exact) mass is 360 g/mol. The molecule has 0 atom stereocenters. The Kier molecular flexibility index (Phi) is 5.38. The van der Waals surface area contributed by atoms with Gasteiger partial charge in [-0.05, 0) is 37.0 Å². The summed E-state index contributed by atoms with van der Waals surface area (Å²) in [7, 11) is 1.35. The molecule has 6 nitrogen and oxygen atoms in total. The van der Waals surface area contributed by atoms with Crippen molar-refractivity contribution in [3.05, 3.63) is 41.2 Å². The predicted octanol–water partition coefficient (Wildman–Crippen LogP) is 3.90. The zero-order valence-corrected chi connectivity index (χ0v) is 15.1. The summed E-state index contributed by atoms with van der Waals surface area (Å²) < 4.78 is 4.75. The van der Waals surface area contributed by atoms with Gasteiger partial charge in [0.1, 0.15) is 18.0 Å². The summed E-state index contributed by atoms with van der Waals surface area (Å²) >= 11 is 6.23. The second-order valence-corrected chi connectivity index (χ2v) is 6.65. The van der Waals surface area contributed by atoms with E-state index in [-0.39, 0.29) is 0 Å². The van der Waals surface area contributed by atoms with Crippen LogP contribution in [0.4, 0.5) is 17.3 Å². The lowest BCUT2D eigenvalue weighted by molar-refractivity contribution is 0.0601. The third-order valence-corrected chi connectivity index (χ3v) is 4.74. The number of carbonyl (C=O) groups is 1. The van der Waals surface area contributed by atoms with Crippen molar-refractivity contribution in [1.29, 1.82) is 0 Å². The highest BCUT2D eigenvalue weighted by Gasteiger charge is 2.17. The van der Waals surface area contributed by atoms with Gasteiger partial charge in [-0.15, -0.1) is 0 Å². The Bertz CT molecular complexity index is 760. The van der Waals surface area contributed by atoms with E-state index in [0.29, 0.717) is 22.1 Å². The summed E-state index contributed by atoms with van der Waals surface area (Å²) in [6.45, 7) is 4.27. The number of carbonyl (C=O) groups excluding carboxylic acids is 1. The van der Waals surface area contributed by atoms with E-state index < -0.39 is 5.97 Å². The van der Waals surface area contributed by atoms with Crippen molar-refractivity contribution >= 4 is 34.9 Å². The molecule has 1 saturated heterocycles. The maximum atomic E-state index is 11.7. The minimum atomic E-state index is -0.412. The van der Waals surface area contributed by atoms with Gasteiger partial charge in [0, 0.05) is 19.2 Å². The van der Waals surface area contributed by atoms with Crippen molar-refractivity contribution in [3.63, 3.8) is 0 Å². The number of ether oxygens (including phenoxy) is 1. The molecule has 0 amide bonds. The molecule has 1 fully saturated rings. The second-order valence-electron chi connectivity index (χ2n) is 6.24. The molecule has 0 saturated carbocycles. The molecule has 132 valence electrons. The lowest BCUT2D eigenvalue weighted by Crippen LogP contribution is -2.33. The number of anilines is 3. The van der Waals surface area contributed by atoms with Crippen LogP contribution >= 0.6 is 11.6 Å². The Labute approximate surface area is 152 Å². The van der Waals surface area contributed by atoms with E-state index >= 15 is 0 Å². The van der Waals surface area contributed by atoms with E-state index in [2.05, 4.69) is 27.1 Å². The number of nitrogens with zero attached hydrogens (tertiary/aromatic N) is 3. The third-order valence-electron chi connectivity index (χ3n) is 4.41.